The Kier molecular flexibility index (Phi) is 2.87. The van der Waals surface area contributed by atoms with Gasteiger partial charge in [0.25, 0.3) is 0 Å². The number of nitrogen functional groups attached to an aromatic ring is 1. The lowest BCUT2D eigenvalue weighted by atomic mass is 10.0. The van der Waals surface area contributed by atoms with Crippen LogP contribution < -0.4 is 11.1 Å². The van der Waals surface area contributed by atoms with Gasteiger partial charge in [0.05, 0.1) is 10.6 Å². The number of benzene rings is 1. The number of halogens is 1. The number of fused-ring (bicyclic) bond motifs is 1. The molecule has 0 saturated heterocycles. The first-order valence-electron chi connectivity index (χ1n) is 5.97. The average Bonchev–Trinajstić information content (AvgIpc) is 2.88. The number of pyridine rings is 1. The van der Waals surface area contributed by atoms with Gasteiger partial charge in [0, 0.05) is 24.0 Å². The fraction of sp³-hybridized carbons (Fsp3) is 0.143. The highest BCUT2D eigenvalue weighted by Gasteiger charge is 2.17. The average molecular weight is 274 g/mol. The summed E-state index contributed by atoms with van der Waals surface area (Å²) >= 11 is 5.86. The van der Waals surface area contributed by atoms with Crippen LogP contribution in [0.3, 0.4) is 0 Å². The number of carbonyl (C=O) groups is 1. The lowest BCUT2D eigenvalue weighted by molar-refractivity contribution is 0.103. The Labute approximate surface area is 115 Å². The van der Waals surface area contributed by atoms with E-state index in [4.69, 9.17) is 17.3 Å². The van der Waals surface area contributed by atoms with E-state index >= 15 is 0 Å². The van der Waals surface area contributed by atoms with Gasteiger partial charge < -0.3 is 11.1 Å². The lowest BCUT2D eigenvalue weighted by Gasteiger charge is -2.06. The fourth-order valence-electron chi connectivity index (χ4n) is 2.23. The van der Waals surface area contributed by atoms with Crippen molar-refractivity contribution >= 4 is 28.9 Å². The van der Waals surface area contributed by atoms with E-state index in [1.165, 1.54) is 6.20 Å². The van der Waals surface area contributed by atoms with Crippen LogP contribution in [-0.2, 0) is 6.42 Å². The fourth-order valence-corrected chi connectivity index (χ4v) is 2.39. The van der Waals surface area contributed by atoms with E-state index < -0.39 is 0 Å². The number of aromatic nitrogens is 1. The summed E-state index contributed by atoms with van der Waals surface area (Å²) in [5.41, 5.74) is 8.94. The highest BCUT2D eigenvalue weighted by Crippen LogP contribution is 2.25. The number of hydrogen-bond donors (Lipinski definition) is 2. The predicted molar refractivity (Wildman–Crippen MR) is 75.7 cm³/mol. The van der Waals surface area contributed by atoms with Crippen molar-refractivity contribution in [1.82, 2.24) is 4.98 Å². The van der Waals surface area contributed by atoms with Crippen molar-refractivity contribution < 1.29 is 4.79 Å². The zero-order valence-corrected chi connectivity index (χ0v) is 10.9. The SMILES string of the molecule is Nc1ncc(Cl)cc1C(=O)c1ccc2c(c1)CCN2. The second-order valence-electron chi connectivity index (χ2n) is 4.46. The molecule has 0 saturated carbocycles. The molecule has 0 fully saturated rings. The van der Waals surface area contributed by atoms with E-state index in [1.54, 1.807) is 12.1 Å². The first kappa shape index (κ1) is 12.0. The van der Waals surface area contributed by atoms with Crippen molar-refractivity contribution in [2.24, 2.45) is 0 Å². The Morgan fingerprint density at radius 3 is 3.05 bits per heavy atom. The Morgan fingerprint density at radius 2 is 2.21 bits per heavy atom. The number of carbonyl (C=O) groups excluding carboxylic acids is 1. The topological polar surface area (TPSA) is 68.0 Å². The number of anilines is 2. The summed E-state index contributed by atoms with van der Waals surface area (Å²) in [7, 11) is 0. The molecular formula is C14H12ClN3O. The zero-order chi connectivity index (χ0) is 13.4. The Morgan fingerprint density at radius 1 is 1.37 bits per heavy atom. The van der Waals surface area contributed by atoms with Gasteiger partial charge in [-0.05, 0) is 36.2 Å². The van der Waals surface area contributed by atoms with Crippen LogP contribution in [0.1, 0.15) is 21.5 Å². The first-order chi connectivity index (χ1) is 9.15. The smallest absolute Gasteiger partial charge is 0.196 e. The maximum Gasteiger partial charge on any atom is 0.196 e. The third-order valence-corrected chi connectivity index (χ3v) is 3.41. The molecule has 0 spiro atoms. The van der Waals surface area contributed by atoms with E-state index in [2.05, 4.69) is 10.3 Å². The van der Waals surface area contributed by atoms with Gasteiger partial charge in [0.15, 0.2) is 5.78 Å². The summed E-state index contributed by atoms with van der Waals surface area (Å²) in [5.74, 6) is 0.0511. The third-order valence-electron chi connectivity index (χ3n) is 3.21. The molecule has 0 radical (unpaired) electrons. The van der Waals surface area contributed by atoms with Crippen molar-refractivity contribution in [3.05, 3.63) is 52.2 Å². The van der Waals surface area contributed by atoms with Gasteiger partial charge in [0.2, 0.25) is 0 Å². The van der Waals surface area contributed by atoms with Crippen molar-refractivity contribution in [2.45, 2.75) is 6.42 Å². The lowest BCUT2D eigenvalue weighted by Crippen LogP contribution is -2.07. The van der Waals surface area contributed by atoms with E-state index in [-0.39, 0.29) is 11.6 Å². The van der Waals surface area contributed by atoms with Crippen molar-refractivity contribution in [2.75, 3.05) is 17.6 Å². The monoisotopic (exact) mass is 273 g/mol. The predicted octanol–water partition coefficient (Wildman–Crippen LogP) is 2.52. The number of nitrogens with one attached hydrogen (secondary N) is 1. The minimum absolute atomic E-state index is 0.151. The molecule has 19 heavy (non-hydrogen) atoms. The van der Waals surface area contributed by atoms with Crippen LogP contribution in [0.5, 0.6) is 0 Å². The Bertz CT molecular complexity index is 670. The van der Waals surface area contributed by atoms with Crippen molar-refractivity contribution in [3.63, 3.8) is 0 Å². The summed E-state index contributed by atoms with van der Waals surface area (Å²) in [6.45, 7) is 0.911. The maximum absolute atomic E-state index is 12.4. The van der Waals surface area contributed by atoms with Gasteiger partial charge in [0.1, 0.15) is 5.82 Å². The van der Waals surface area contributed by atoms with E-state index in [1.807, 2.05) is 12.1 Å². The molecule has 0 bridgehead atoms. The van der Waals surface area contributed by atoms with Crippen LogP contribution >= 0.6 is 11.6 Å². The van der Waals surface area contributed by atoms with Crippen LogP contribution in [0.25, 0.3) is 0 Å². The molecular weight excluding hydrogens is 262 g/mol. The van der Waals surface area contributed by atoms with Gasteiger partial charge in [-0.3, -0.25) is 4.79 Å². The number of nitrogens with zero attached hydrogens (tertiary/aromatic N) is 1. The summed E-state index contributed by atoms with van der Waals surface area (Å²) in [5, 5.41) is 3.66. The van der Waals surface area contributed by atoms with Gasteiger partial charge >= 0.3 is 0 Å². The van der Waals surface area contributed by atoms with Crippen LogP contribution in [0.4, 0.5) is 11.5 Å². The van der Waals surface area contributed by atoms with Gasteiger partial charge in [-0.2, -0.15) is 0 Å². The molecule has 0 atom stereocenters. The van der Waals surface area contributed by atoms with E-state index in [0.29, 0.717) is 16.1 Å². The number of hydrogen-bond acceptors (Lipinski definition) is 4. The van der Waals surface area contributed by atoms with E-state index in [9.17, 15) is 4.79 Å². The molecule has 1 aromatic heterocycles. The van der Waals surface area contributed by atoms with Gasteiger partial charge in [-0.1, -0.05) is 11.6 Å². The largest absolute Gasteiger partial charge is 0.384 e. The molecule has 0 amide bonds. The molecule has 1 aliphatic rings. The summed E-state index contributed by atoms with van der Waals surface area (Å²) in [4.78, 5) is 16.3. The molecule has 2 heterocycles. The number of rotatable bonds is 2. The first-order valence-corrected chi connectivity index (χ1v) is 6.35. The molecule has 1 aliphatic heterocycles. The van der Waals surface area contributed by atoms with Crippen molar-refractivity contribution in [3.8, 4) is 0 Å². The molecule has 5 heteroatoms. The quantitative estimate of drug-likeness (QED) is 0.825. The van der Waals surface area contributed by atoms with Gasteiger partial charge in [-0.15, -0.1) is 0 Å². The molecule has 0 aliphatic carbocycles. The molecule has 0 unspecified atom stereocenters. The third kappa shape index (κ3) is 2.15. The Balaban J connectivity index is 2.02. The van der Waals surface area contributed by atoms with E-state index in [0.717, 1.165) is 24.2 Å². The molecule has 96 valence electrons. The standard InChI is InChI=1S/C14H12ClN3O/c15-10-6-11(14(16)18-7-10)13(19)9-1-2-12-8(5-9)3-4-17-12/h1-2,5-7,17H,3-4H2,(H2,16,18). The Hall–Kier alpha value is -2.07. The summed E-state index contributed by atoms with van der Waals surface area (Å²) < 4.78 is 0. The second-order valence-corrected chi connectivity index (χ2v) is 4.90. The second kappa shape index (κ2) is 4.55. The summed E-state index contributed by atoms with van der Waals surface area (Å²) in [6.07, 6.45) is 2.36. The molecule has 1 aromatic carbocycles. The van der Waals surface area contributed by atoms with Gasteiger partial charge in [-0.25, -0.2) is 4.98 Å². The van der Waals surface area contributed by atoms with Crippen LogP contribution in [0, 0.1) is 0 Å². The molecule has 3 rings (SSSR count). The molecule has 2 aromatic rings. The highest BCUT2D eigenvalue weighted by atomic mass is 35.5. The molecule has 4 nitrogen and oxygen atoms in total. The number of nitrogens with two attached hydrogens (primary N) is 1. The van der Waals surface area contributed by atoms with Crippen LogP contribution in [0.15, 0.2) is 30.5 Å². The summed E-state index contributed by atoms with van der Waals surface area (Å²) in [6, 6.07) is 7.17. The number of ketones is 1. The van der Waals surface area contributed by atoms with Crippen molar-refractivity contribution in [1.29, 1.82) is 0 Å². The minimum Gasteiger partial charge on any atom is -0.384 e. The van der Waals surface area contributed by atoms with Crippen LogP contribution in [-0.4, -0.2) is 17.3 Å². The zero-order valence-electron chi connectivity index (χ0n) is 10.1. The van der Waals surface area contributed by atoms with Crippen LogP contribution in [0.2, 0.25) is 5.02 Å². The normalized spacial score (nSPS) is 12.9. The molecule has 3 N–H and O–H groups in total. The highest BCUT2D eigenvalue weighted by molar-refractivity contribution is 6.31. The maximum atomic E-state index is 12.4. The minimum atomic E-state index is -0.151.